The van der Waals surface area contributed by atoms with Crippen molar-refractivity contribution in [3.63, 3.8) is 0 Å². The molecule has 0 spiro atoms. The van der Waals surface area contributed by atoms with Crippen molar-refractivity contribution in [2.45, 2.75) is 0 Å². The third-order valence-electron chi connectivity index (χ3n) is 2.41. The van der Waals surface area contributed by atoms with Crippen LogP contribution in [0.25, 0.3) is 5.76 Å². The predicted octanol–water partition coefficient (Wildman–Crippen LogP) is 3.18. The van der Waals surface area contributed by atoms with Gasteiger partial charge in [-0.3, -0.25) is 4.79 Å². The van der Waals surface area contributed by atoms with Crippen molar-refractivity contribution in [3.05, 3.63) is 77.9 Å². The smallest absolute Gasteiger partial charge is 0.350 e. The summed E-state index contributed by atoms with van der Waals surface area (Å²) in [5, 5.41) is 9.83. The van der Waals surface area contributed by atoms with Gasteiger partial charge in [0.25, 0.3) is 0 Å². The van der Waals surface area contributed by atoms with Crippen molar-refractivity contribution in [2.75, 3.05) is 0 Å². The van der Waals surface area contributed by atoms with Crippen LogP contribution in [0, 0.1) is 49.4 Å². The van der Waals surface area contributed by atoms with Crippen molar-refractivity contribution in [2.24, 2.45) is 0 Å². The average molecular weight is 377 g/mol. The minimum atomic E-state index is 0. The number of aliphatic hydroxyl groups is 1. The second-order valence-electron chi connectivity index (χ2n) is 3.65. The number of hydrogen-bond acceptors (Lipinski definition) is 1. The van der Waals surface area contributed by atoms with E-state index in [1.807, 2.05) is 36.4 Å². The average Bonchev–Trinajstić information content (AvgIpc) is 2.40. The maximum atomic E-state index is 9.83. The van der Waals surface area contributed by atoms with Gasteiger partial charge in [-0.05, 0) is 12.1 Å². The molecule has 2 aromatic rings. The number of aliphatic hydroxyl groups excluding tert-OH is 1. The van der Waals surface area contributed by atoms with Gasteiger partial charge in [-0.1, -0.05) is 48.5 Å². The first-order valence-corrected chi connectivity index (χ1v) is 5.35. The van der Waals surface area contributed by atoms with E-state index in [-0.39, 0.29) is 60.9 Å². The summed E-state index contributed by atoms with van der Waals surface area (Å²) in [6.07, 6.45) is 1.35. The maximum absolute atomic E-state index is 9.83. The van der Waals surface area contributed by atoms with Gasteiger partial charge in [0, 0.05) is 54.9 Å². The Morgan fingerprint density at radius 2 is 1.28 bits per heavy atom. The monoisotopic (exact) mass is 378 g/mol. The van der Waals surface area contributed by atoms with Crippen LogP contribution in [0.5, 0.6) is 0 Å². The van der Waals surface area contributed by atoms with E-state index >= 15 is 0 Å². The van der Waals surface area contributed by atoms with Crippen LogP contribution in [-0.2, 0) is 0 Å². The molecule has 0 aliphatic heterocycles. The van der Waals surface area contributed by atoms with E-state index in [4.69, 9.17) is 0 Å². The van der Waals surface area contributed by atoms with Gasteiger partial charge in [0.2, 0.25) is 0 Å². The Hall–Kier alpha value is -0.766. The fraction of sp³-hybridized carbons (Fsp3) is 0. The molecule has 2 aromatic carbocycles. The largest absolute Gasteiger partial charge is 0.507 e. The molecule has 3 heteroatoms. The van der Waals surface area contributed by atoms with Crippen molar-refractivity contribution in [3.8, 4) is 0 Å². The predicted molar refractivity (Wildman–Crippen MR) is 69.5 cm³/mol. The summed E-state index contributed by atoms with van der Waals surface area (Å²) in [4.78, 5) is 9.83. The first-order valence-electron chi connectivity index (χ1n) is 5.35. The van der Waals surface area contributed by atoms with Gasteiger partial charge in [0.15, 0.2) is 0 Å². The van der Waals surface area contributed by atoms with E-state index in [2.05, 4.69) is 0 Å². The second-order valence-corrected chi connectivity index (χ2v) is 3.65. The van der Waals surface area contributed by atoms with Crippen molar-refractivity contribution >= 4 is 11.5 Å². The van der Waals surface area contributed by atoms with Crippen molar-refractivity contribution in [1.29, 1.82) is 0 Å². The Balaban J connectivity index is 0.00000162. The second kappa shape index (κ2) is 7.62. The fourth-order valence-electron chi connectivity index (χ4n) is 1.51. The number of ketones is 1. The zero-order valence-electron chi connectivity index (χ0n) is 9.62. The number of benzene rings is 2. The number of carbonyl (C=O) groups excluding carboxylic acids is 1. The number of allylic oxidation sites excluding steroid dienone is 1. The molecule has 2 rings (SSSR count). The van der Waals surface area contributed by atoms with E-state index < -0.39 is 0 Å². The molecule has 2 nitrogen and oxygen atoms in total. The summed E-state index contributed by atoms with van der Waals surface area (Å²) < 4.78 is 0. The first-order chi connectivity index (χ1) is 8.27. The molecule has 0 saturated carbocycles. The van der Waals surface area contributed by atoms with E-state index in [9.17, 15) is 9.90 Å². The van der Waals surface area contributed by atoms with Gasteiger partial charge in [-0.25, -0.2) is 0 Å². The minimum absolute atomic E-state index is 0. The molecule has 0 atom stereocenters. The Morgan fingerprint density at radius 3 is 1.78 bits per heavy atom. The van der Waals surface area contributed by atoms with E-state index in [0.717, 1.165) is 0 Å². The maximum Gasteiger partial charge on any atom is 0.350 e. The first kappa shape index (κ1) is 15.3. The molecule has 0 aliphatic carbocycles. The molecule has 18 heavy (non-hydrogen) atoms. The summed E-state index contributed by atoms with van der Waals surface area (Å²) >= 11 is 0. The molecule has 0 fully saturated rings. The van der Waals surface area contributed by atoms with Crippen LogP contribution < -0.4 is 0 Å². The van der Waals surface area contributed by atoms with Crippen LogP contribution in [0.4, 0.5) is 0 Å². The molecule has 91 valence electrons. The molecule has 1 radical (unpaired) electrons. The number of rotatable bonds is 3. The third kappa shape index (κ3) is 4.16. The third-order valence-corrected chi connectivity index (χ3v) is 2.41. The molecule has 0 heterocycles. The summed E-state index contributed by atoms with van der Waals surface area (Å²) in [6.45, 7) is 0. The Morgan fingerprint density at radius 1 is 0.833 bits per heavy atom. The van der Waals surface area contributed by atoms with Gasteiger partial charge in [-0.2, -0.15) is 0 Å². The van der Waals surface area contributed by atoms with Crippen LogP contribution in [0.15, 0.2) is 66.7 Å². The van der Waals surface area contributed by atoms with Gasteiger partial charge in [-0.15, -0.1) is 0 Å². The summed E-state index contributed by atoms with van der Waals surface area (Å²) in [5.41, 5.74) is 1.35. The van der Waals surface area contributed by atoms with Crippen molar-refractivity contribution in [1.82, 2.24) is 0 Å². The molecule has 0 aliphatic rings. The quantitative estimate of drug-likeness (QED) is 0.380. The topological polar surface area (TPSA) is 41.6 Å². The minimum Gasteiger partial charge on any atom is -0.507 e. The van der Waals surface area contributed by atoms with Crippen molar-refractivity contribution < 1.29 is 59.3 Å². The summed E-state index contributed by atoms with van der Waals surface area (Å²) in [5.74, 6) is 0.0962. The number of hydrogen-bond donors (Lipinski definition) is 1. The SMILES string of the molecule is O/C(=C\C(=[OH+])c1ccccc1)c1ccccc1.[Eu]. The van der Waals surface area contributed by atoms with Gasteiger partial charge in [0.05, 0.1) is 11.6 Å². The van der Waals surface area contributed by atoms with Gasteiger partial charge >= 0.3 is 5.78 Å². The fourth-order valence-corrected chi connectivity index (χ4v) is 1.51. The van der Waals surface area contributed by atoms with E-state index in [1.54, 1.807) is 24.3 Å². The Kier molecular flexibility index (Phi) is 6.48. The molecule has 0 aromatic heterocycles. The summed E-state index contributed by atoms with van der Waals surface area (Å²) in [6, 6.07) is 18.2. The van der Waals surface area contributed by atoms with Crippen LogP contribution in [0.1, 0.15) is 11.1 Å². The van der Waals surface area contributed by atoms with Crippen LogP contribution in [-0.4, -0.2) is 15.7 Å². The standard InChI is InChI=1S/C15H12O2.Eu/c16-14(12-7-3-1-4-8-12)11-15(17)13-9-5-2-6-10-13;/h1-11,16H;/p+1/b14-11-;. The molecular formula is C15H13EuO2+. The molecular weight excluding hydrogens is 364 g/mol. The molecule has 2 N–H and O–H groups in total. The normalized spacial score (nSPS) is 10.6. The van der Waals surface area contributed by atoms with E-state index in [1.165, 1.54) is 6.08 Å². The molecule has 0 amide bonds. The van der Waals surface area contributed by atoms with E-state index in [0.29, 0.717) is 11.1 Å². The van der Waals surface area contributed by atoms with Crippen LogP contribution >= 0.6 is 0 Å². The molecule has 0 saturated heterocycles. The Labute approximate surface area is 147 Å². The summed E-state index contributed by atoms with van der Waals surface area (Å²) in [7, 11) is 0. The molecule has 0 bridgehead atoms. The Bertz CT molecular complexity index is 533. The zero-order chi connectivity index (χ0) is 12.1. The van der Waals surface area contributed by atoms with Gasteiger partial charge in [0.1, 0.15) is 5.76 Å². The van der Waals surface area contributed by atoms with Gasteiger partial charge < -0.3 is 5.11 Å². The molecule has 0 unspecified atom stereocenters. The zero-order valence-corrected chi connectivity index (χ0v) is 12.0. The van der Waals surface area contributed by atoms with Crippen LogP contribution in [0.3, 0.4) is 0 Å². The van der Waals surface area contributed by atoms with Crippen LogP contribution in [0.2, 0.25) is 0 Å².